The number of carbonyl (C=O) groups is 2. The summed E-state index contributed by atoms with van der Waals surface area (Å²) in [5.74, 6) is -0.182. The molecule has 2 N–H and O–H groups in total. The molecular weight excluding hydrogens is 399 g/mol. The first-order valence-corrected chi connectivity index (χ1v) is 10.3. The van der Waals surface area contributed by atoms with Gasteiger partial charge >= 0.3 is 0 Å². The number of furan rings is 1. The van der Waals surface area contributed by atoms with Gasteiger partial charge in [-0.2, -0.15) is 5.10 Å². The molecule has 2 heterocycles. The van der Waals surface area contributed by atoms with E-state index < -0.39 is 0 Å². The fraction of sp³-hybridized carbons (Fsp3) is 0.348. The second kappa shape index (κ2) is 10.6. The zero-order valence-corrected chi connectivity index (χ0v) is 17.8. The molecule has 2 aromatic heterocycles. The average Bonchev–Trinajstić information content (AvgIpc) is 3.41. The molecule has 31 heavy (non-hydrogen) atoms. The molecule has 0 saturated heterocycles. The molecule has 0 aliphatic rings. The number of aromatic nitrogens is 2. The lowest BCUT2D eigenvalue weighted by Gasteiger charge is -2.17. The number of rotatable bonds is 10. The topological polar surface area (TPSA) is 91.2 Å². The molecule has 0 fully saturated rings. The molecule has 0 spiro atoms. The molecule has 8 heteroatoms. The predicted molar refractivity (Wildman–Crippen MR) is 115 cm³/mol. The van der Waals surface area contributed by atoms with Crippen molar-refractivity contribution >= 4 is 11.8 Å². The van der Waals surface area contributed by atoms with Crippen molar-refractivity contribution in [2.24, 2.45) is 0 Å². The highest BCUT2D eigenvalue weighted by atomic mass is 19.1. The maximum absolute atomic E-state index is 13.0. The van der Waals surface area contributed by atoms with Crippen molar-refractivity contribution in [1.29, 1.82) is 0 Å². The summed E-state index contributed by atoms with van der Waals surface area (Å²) >= 11 is 0. The van der Waals surface area contributed by atoms with Crippen molar-refractivity contribution in [1.82, 2.24) is 20.4 Å². The highest BCUT2D eigenvalue weighted by molar-refractivity contribution is 5.97. The van der Waals surface area contributed by atoms with E-state index in [-0.39, 0.29) is 24.2 Å². The lowest BCUT2D eigenvalue weighted by Crippen LogP contribution is -2.38. The van der Waals surface area contributed by atoms with Gasteiger partial charge in [-0.1, -0.05) is 6.42 Å². The smallest absolute Gasteiger partial charge is 0.255 e. The van der Waals surface area contributed by atoms with Crippen molar-refractivity contribution in [2.45, 2.75) is 32.6 Å². The van der Waals surface area contributed by atoms with Crippen molar-refractivity contribution in [3.8, 4) is 11.3 Å². The summed E-state index contributed by atoms with van der Waals surface area (Å²) in [6, 6.07) is 9.83. The Morgan fingerprint density at radius 1 is 1.16 bits per heavy atom. The van der Waals surface area contributed by atoms with Gasteiger partial charge in [0, 0.05) is 24.8 Å². The fourth-order valence-electron chi connectivity index (χ4n) is 3.23. The van der Waals surface area contributed by atoms with E-state index in [1.54, 1.807) is 37.1 Å². The number of amides is 2. The number of aromatic amines is 1. The Balaban J connectivity index is 1.32. The maximum Gasteiger partial charge on any atom is 0.255 e. The molecule has 3 rings (SSSR count). The number of hydrogen-bond donors (Lipinski definition) is 2. The van der Waals surface area contributed by atoms with E-state index in [2.05, 4.69) is 15.5 Å². The number of H-pyrrole nitrogens is 1. The van der Waals surface area contributed by atoms with Gasteiger partial charge in [0.05, 0.1) is 24.1 Å². The first kappa shape index (κ1) is 22.3. The van der Waals surface area contributed by atoms with Crippen LogP contribution in [0.25, 0.3) is 11.3 Å². The monoisotopic (exact) mass is 426 g/mol. The van der Waals surface area contributed by atoms with E-state index in [1.807, 2.05) is 6.07 Å². The molecule has 2 amide bonds. The van der Waals surface area contributed by atoms with Crippen molar-refractivity contribution < 1.29 is 18.4 Å². The van der Waals surface area contributed by atoms with Gasteiger partial charge in [0.25, 0.3) is 5.91 Å². The third kappa shape index (κ3) is 6.28. The number of unbranched alkanes of at least 4 members (excludes halogenated alkanes) is 2. The standard InChI is InChI=1S/C23H27FN4O3/c1-16-20(11-13-31-16)23(30)25-15-22(29)28(2)12-5-3-4-6-19-14-21(27-26-19)17-7-9-18(24)10-8-17/h7-11,13-14H,3-6,12,15H2,1-2H3,(H,25,30)(H,26,27). The van der Waals surface area contributed by atoms with E-state index >= 15 is 0 Å². The molecule has 0 aliphatic carbocycles. The number of likely N-dealkylation sites (N-methyl/N-ethyl adjacent to an activating group) is 1. The van der Waals surface area contributed by atoms with E-state index in [0.29, 0.717) is 17.9 Å². The third-order valence-electron chi connectivity index (χ3n) is 5.14. The number of nitrogens with zero attached hydrogens (tertiary/aromatic N) is 2. The van der Waals surface area contributed by atoms with Gasteiger partial charge in [-0.25, -0.2) is 4.39 Å². The summed E-state index contributed by atoms with van der Waals surface area (Å²) in [6.07, 6.45) is 5.10. The van der Waals surface area contributed by atoms with Gasteiger partial charge in [-0.05, 0) is 62.6 Å². The molecule has 0 bridgehead atoms. The molecule has 1 aromatic carbocycles. The molecule has 0 aliphatic heterocycles. The average molecular weight is 426 g/mol. The molecule has 0 radical (unpaired) electrons. The first-order valence-electron chi connectivity index (χ1n) is 10.3. The predicted octanol–water partition coefficient (Wildman–Crippen LogP) is 3.72. The van der Waals surface area contributed by atoms with Crippen LogP contribution in [0.15, 0.2) is 47.1 Å². The lowest BCUT2D eigenvalue weighted by molar-refractivity contribution is -0.128. The molecule has 164 valence electrons. The number of halogens is 1. The minimum absolute atomic E-state index is 0.0414. The molecule has 7 nitrogen and oxygen atoms in total. The molecule has 0 atom stereocenters. The van der Waals surface area contributed by atoms with Gasteiger partial charge in [-0.3, -0.25) is 14.7 Å². The highest BCUT2D eigenvalue weighted by Gasteiger charge is 2.14. The zero-order valence-electron chi connectivity index (χ0n) is 17.8. The van der Waals surface area contributed by atoms with Crippen LogP contribution in [0, 0.1) is 12.7 Å². The van der Waals surface area contributed by atoms with Crippen molar-refractivity contribution in [2.75, 3.05) is 20.1 Å². The Labute approximate surface area is 180 Å². The normalized spacial score (nSPS) is 10.8. The van der Waals surface area contributed by atoms with Crippen LogP contribution >= 0.6 is 0 Å². The maximum atomic E-state index is 13.0. The van der Waals surface area contributed by atoms with E-state index in [0.717, 1.165) is 42.6 Å². The van der Waals surface area contributed by atoms with Crippen molar-refractivity contribution in [3.05, 3.63) is 65.5 Å². The largest absolute Gasteiger partial charge is 0.469 e. The zero-order chi connectivity index (χ0) is 22.2. The summed E-state index contributed by atoms with van der Waals surface area (Å²) in [5, 5.41) is 9.94. The van der Waals surface area contributed by atoms with E-state index in [1.165, 1.54) is 18.4 Å². The lowest BCUT2D eigenvalue weighted by atomic mass is 10.1. The number of carbonyl (C=O) groups excluding carboxylic acids is 2. The minimum Gasteiger partial charge on any atom is -0.469 e. The summed E-state index contributed by atoms with van der Waals surface area (Å²) < 4.78 is 18.1. The second-order valence-corrected chi connectivity index (χ2v) is 7.48. The summed E-state index contributed by atoms with van der Waals surface area (Å²) in [4.78, 5) is 25.9. The number of hydrogen-bond acceptors (Lipinski definition) is 4. The summed E-state index contributed by atoms with van der Waals surface area (Å²) in [6.45, 7) is 2.29. The van der Waals surface area contributed by atoms with E-state index in [9.17, 15) is 14.0 Å². The molecule has 0 saturated carbocycles. The van der Waals surface area contributed by atoms with Gasteiger partial charge < -0.3 is 14.6 Å². The van der Waals surface area contributed by atoms with Crippen LogP contribution in [0.3, 0.4) is 0 Å². The van der Waals surface area contributed by atoms with Crippen LogP contribution in [0.1, 0.15) is 41.1 Å². The Bertz CT molecular complexity index is 1010. The Hall–Kier alpha value is -3.42. The third-order valence-corrected chi connectivity index (χ3v) is 5.14. The minimum atomic E-state index is -0.312. The van der Waals surface area contributed by atoms with Crippen LogP contribution in [0.5, 0.6) is 0 Å². The number of benzene rings is 1. The number of aryl methyl sites for hydroxylation is 2. The molecule has 3 aromatic rings. The molecule has 0 unspecified atom stereocenters. The van der Waals surface area contributed by atoms with Gasteiger partial charge in [0.1, 0.15) is 11.6 Å². The van der Waals surface area contributed by atoms with Gasteiger partial charge in [0.15, 0.2) is 0 Å². The molecular formula is C23H27FN4O3. The van der Waals surface area contributed by atoms with Crippen molar-refractivity contribution in [3.63, 3.8) is 0 Å². The Morgan fingerprint density at radius 2 is 1.94 bits per heavy atom. The van der Waals surface area contributed by atoms with E-state index in [4.69, 9.17) is 4.42 Å². The van der Waals surface area contributed by atoms with Gasteiger partial charge in [-0.15, -0.1) is 0 Å². The van der Waals surface area contributed by atoms with Crippen LogP contribution in [-0.2, 0) is 11.2 Å². The first-order chi connectivity index (χ1) is 14.9. The van der Waals surface area contributed by atoms with Gasteiger partial charge in [0.2, 0.25) is 5.91 Å². The fourth-order valence-corrected chi connectivity index (χ4v) is 3.23. The van der Waals surface area contributed by atoms with Crippen LogP contribution in [0.2, 0.25) is 0 Å². The van der Waals surface area contributed by atoms with Crippen LogP contribution in [-0.4, -0.2) is 47.0 Å². The van der Waals surface area contributed by atoms with Crippen LogP contribution < -0.4 is 5.32 Å². The Morgan fingerprint density at radius 3 is 2.65 bits per heavy atom. The summed E-state index contributed by atoms with van der Waals surface area (Å²) in [7, 11) is 1.74. The number of nitrogens with one attached hydrogen (secondary N) is 2. The SMILES string of the molecule is Cc1occc1C(=O)NCC(=O)N(C)CCCCCc1cc(-c2ccc(F)cc2)n[nH]1. The highest BCUT2D eigenvalue weighted by Crippen LogP contribution is 2.19. The Kier molecular flexibility index (Phi) is 7.59. The second-order valence-electron chi connectivity index (χ2n) is 7.48. The quantitative estimate of drug-likeness (QED) is 0.484. The van der Waals surface area contributed by atoms with Crippen LogP contribution in [0.4, 0.5) is 4.39 Å². The summed E-state index contributed by atoms with van der Waals surface area (Å²) in [5.41, 5.74) is 3.14.